The summed E-state index contributed by atoms with van der Waals surface area (Å²) < 4.78 is 40.2. The number of anilines is 2. The highest BCUT2D eigenvalue weighted by Gasteiger charge is 2.34. The van der Waals surface area contributed by atoms with Crippen LogP contribution in [0.5, 0.6) is 0 Å². The summed E-state index contributed by atoms with van der Waals surface area (Å²) in [6.45, 7) is 4.44. The van der Waals surface area contributed by atoms with Gasteiger partial charge < -0.3 is 14.2 Å². The molecule has 1 aliphatic rings. The first-order valence-electron chi connectivity index (χ1n) is 8.12. The van der Waals surface area contributed by atoms with Crippen molar-refractivity contribution in [1.29, 1.82) is 0 Å². The van der Waals surface area contributed by atoms with Gasteiger partial charge in [0, 0.05) is 51.0 Å². The quantitative estimate of drug-likeness (QED) is 0.695. The Morgan fingerprint density at radius 3 is 2.38 bits per heavy atom. The fraction of sp³-hybridized carbons (Fsp3) is 0.375. The Morgan fingerprint density at radius 1 is 0.962 bits per heavy atom. The minimum absolute atomic E-state index is 0.214. The fourth-order valence-electron chi connectivity index (χ4n) is 3.03. The molecule has 4 rings (SSSR count). The number of rotatable bonds is 2. The summed E-state index contributed by atoms with van der Waals surface area (Å²) in [6.07, 6.45) is 1.19. The van der Waals surface area contributed by atoms with E-state index in [1.165, 1.54) is 16.8 Å². The van der Waals surface area contributed by atoms with E-state index in [1.54, 1.807) is 6.20 Å². The van der Waals surface area contributed by atoms with Gasteiger partial charge in [-0.05, 0) is 13.0 Å². The molecule has 4 heterocycles. The smallest absolute Gasteiger partial charge is 0.353 e. The number of piperazine rings is 1. The molecule has 0 unspecified atom stereocenters. The van der Waals surface area contributed by atoms with E-state index in [4.69, 9.17) is 0 Å². The third kappa shape index (κ3) is 3.02. The van der Waals surface area contributed by atoms with Crippen molar-refractivity contribution in [3.05, 3.63) is 42.4 Å². The van der Waals surface area contributed by atoms with E-state index >= 15 is 0 Å². The number of hydrogen-bond acceptors (Lipinski definition) is 6. The number of aryl methyl sites for hydroxylation is 1. The lowest BCUT2D eigenvalue weighted by Gasteiger charge is -2.36. The molecule has 0 amide bonds. The molecule has 0 bridgehead atoms. The number of aromatic nitrogens is 5. The zero-order valence-corrected chi connectivity index (χ0v) is 14.0. The molecule has 0 spiro atoms. The van der Waals surface area contributed by atoms with E-state index < -0.39 is 11.9 Å². The van der Waals surface area contributed by atoms with Crippen molar-refractivity contribution in [3.8, 4) is 0 Å². The van der Waals surface area contributed by atoms with Gasteiger partial charge in [-0.15, -0.1) is 0 Å². The Labute approximate surface area is 147 Å². The Bertz CT molecular complexity index is 929. The lowest BCUT2D eigenvalue weighted by atomic mass is 10.3. The molecule has 1 aliphatic heterocycles. The number of hydrogen-bond donors (Lipinski definition) is 0. The van der Waals surface area contributed by atoms with Gasteiger partial charge in [0.2, 0.25) is 0 Å². The van der Waals surface area contributed by atoms with E-state index in [0.29, 0.717) is 37.8 Å². The minimum atomic E-state index is -4.48. The second-order valence-electron chi connectivity index (χ2n) is 6.04. The van der Waals surface area contributed by atoms with Crippen LogP contribution in [0.4, 0.5) is 24.8 Å². The van der Waals surface area contributed by atoms with Crippen molar-refractivity contribution in [3.63, 3.8) is 0 Å². The van der Waals surface area contributed by atoms with Crippen LogP contribution in [0.1, 0.15) is 11.5 Å². The summed E-state index contributed by atoms with van der Waals surface area (Å²) in [5.41, 5.74) is -0.701. The molecule has 0 aromatic carbocycles. The van der Waals surface area contributed by atoms with E-state index in [-0.39, 0.29) is 5.65 Å². The largest absolute Gasteiger partial charge is 0.434 e. The second-order valence-corrected chi connectivity index (χ2v) is 6.04. The van der Waals surface area contributed by atoms with Gasteiger partial charge in [-0.25, -0.2) is 19.9 Å². The predicted molar refractivity (Wildman–Crippen MR) is 89.2 cm³/mol. The third-order valence-electron chi connectivity index (χ3n) is 4.31. The lowest BCUT2D eigenvalue weighted by molar-refractivity contribution is -0.140. The maximum absolute atomic E-state index is 12.9. The molecule has 7 nitrogen and oxygen atoms in total. The predicted octanol–water partition coefficient (Wildman–Crippen LogP) is 2.17. The molecule has 136 valence electrons. The van der Waals surface area contributed by atoms with Gasteiger partial charge in [-0.2, -0.15) is 13.2 Å². The van der Waals surface area contributed by atoms with Gasteiger partial charge >= 0.3 is 6.18 Å². The van der Waals surface area contributed by atoms with E-state index in [0.717, 1.165) is 12.0 Å². The van der Waals surface area contributed by atoms with Crippen LogP contribution >= 0.6 is 0 Å². The van der Waals surface area contributed by atoms with Gasteiger partial charge in [-0.3, -0.25) is 0 Å². The molecule has 0 radical (unpaired) electrons. The van der Waals surface area contributed by atoms with Crippen molar-refractivity contribution in [2.24, 2.45) is 0 Å². The number of fused-ring (bicyclic) bond motifs is 1. The highest BCUT2D eigenvalue weighted by atomic mass is 19.4. The van der Waals surface area contributed by atoms with Crippen LogP contribution in [0.2, 0.25) is 0 Å². The highest BCUT2D eigenvalue weighted by molar-refractivity contribution is 5.65. The number of imidazole rings is 1. The molecular formula is C16H16F3N7. The van der Waals surface area contributed by atoms with Crippen LogP contribution in [0.25, 0.3) is 5.65 Å². The molecular weight excluding hydrogens is 347 g/mol. The van der Waals surface area contributed by atoms with Gasteiger partial charge in [0.05, 0.1) is 0 Å². The van der Waals surface area contributed by atoms with Gasteiger partial charge in [0.15, 0.2) is 17.2 Å². The maximum Gasteiger partial charge on any atom is 0.434 e. The zero-order valence-electron chi connectivity index (χ0n) is 14.0. The average Bonchev–Trinajstić information content (AvgIpc) is 3.07. The maximum atomic E-state index is 12.9. The summed E-state index contributed by atoms with van der Waals surface area (Å²) >= 11 is 0. The molecule has 3 aromatic heterocycles. The van der Waals surface area contributed by atoms with Crippen molar-refractivity contribution in [2.75, 3.05) is 36.0 Å². The molecule has 26 heavy (non-hydrogen) atoms. The van der Waals surface area contributed by atoms with Crippen molar-refractivity contribution in [1.82, 2.24) is 24.3 Å². The minimum Gasteiger partial charge on any atom is -0.353 e. The fourth-order valence-corrected chi connectivity index (χ4v) is 3.03. The summed E-state index contributed by atoms with van der Waals surface area (Å²) in [5.74, 6) is 2.01. The molecule has 0 atom stereocenters. The SMILES string of the molecule is Cc1nccc(N2CCN(c3nccn4cc(C(F)(F)F)nc34)CC2)n1. The Kier molecular flexibility index (Phi) is 3.89. The van der Waals surface area contributed by atoms with E-state index in [9.17, 15) is 13.2 Å². The second kappa shape index (κ2) is 6.11. The monoisotopic (exact) mass is 363 g/mol. The average molecular weight is 363 g/mol. The number of halogens is 3. The number of nitrogens with zero attached hydrogens (tertiary/aromatic N) is 7. The third-order valence-corrected chi connectivity index (χ3v) is 4.31. The molecule has 0 aliphatic carbocycles. The van der Waals surface area contributed by atoms with Gasteiger partial charge in [0.1, 0.15) is 11.6 Å². The van der Waals surface area contributed by atoms with Crippen LogP contribution in [-0.2, 0) is 6.18 Å². The molecule has 3 aromatic rings. The summed E-state index contributed by atoms with van der Waals surface area (Å²) in [4.78, 5) is 20.6. The van der Waals surface area contributed by atoms with E-state index in [1.807, 2.05) is 17.9 Å². The van der Waals surface area contributed by atoms with Crippen molar-refractivity contribution < 1.29 is 13.2 Å². The molecule has 1 fully saturated rings. The van der Waals surface area contributed by atoms with Crippen LogP contribution in [-0.4, -0.2) is 50.5 Å². The molecule has 0 N–H and O–H groups in total. The van der Waals surface area contributed by atoms with Crippen LogP contribution in [0, 0.1) is 6.92 Å². The van der Waals surface area contributed by atoms with Crippen molar-refractivity contribution >= 4 is 17.3 Å². The first-order chi connectivity index (χ1) is 12.4. The van der Waals surface area contributed by atoms with Gasteiger partial charge in [-0.1, -0.05) is 0 Å². The summed E-state index contributed by atoms with van der Waals surface area (Å²) in [7, 11) is 0. The van der Waals surface area contributed by atoms with Crippen LogP contribution in [0.3, 0.4) is 0 Å². The lowest BCUT2D eigenvalue weighted by Crippen LogP contribution is -2.47. The summed E-state index contributed by atoms with van der Waals surface area (Å²) in [6, 6.07) is 1.85. The Morgan fingerprint density at radius 2 is 1.69 bits per heavy atom. The zero-order chi connectivity index (χ0) is 18.3. The molecule has 10 heteroatoms. The van der Waals surface area contributed by atoms with E-state index in [2.05, 4.69) is 24.8 Å². The standard InChI is InChI=1S/C16H16F3N7/c1-11-20-3-2-13(22-11)24-6-8-25(9-7-24)14-15-23-12(16(17,18)19)10-26(15)5-4-21-14/h2-5,10H,6-9H2,1H3. The number of alkyl halides is 3. The summed E-state index contributed by atoms with van der Waals surface area (Å²) in [5, 5.41) is 0. The van der Waals surface area contributed by atoms with Gasteiger partial charge in [0.25, 0.3) is 0 Å². The first-order valence-corrected chi connectivity index (χ1v) is 8.12. The topological polar surface area (TPSA) is 62.5 Å². The molecule has 1 saturated heterocycles. The van der Waals surface area contributed by atoms with Crippen LogP contribution in [0.15, 0.2) is 30.9 Å². The van der Waals surface area contributed by atoms with Crippen LogP contribution < -0.4 is 9.80 Å². The highest BCUT2D eigenvalue weighted by Crippen LogP contribution is 2.30. The first kappa shape index (κ1) is 16.6. The Hall–Kier alpha value is -2.91. The van der Waals surface area contributed by atoms with Crippen molar-refractivity contribution in [2.45, 2.75) is 13.1 Å². The normalized spacial score (nSPS) is 15.7. The Balaban J connectivity index is 1.57. The molecule has 0 saturated carbocycles.